The van der Waals surface area contributed by atoms with Gasteiger partial charge in [0.05, 0.1) is 0 Å². The lowest BCUT2D eigenvalue weighted by molar-refractivity contribution is -0.128. The Hall–Kier alpha value is -1.42. The van der Waals surface area contributed by atoms with Crippen LogP contribution in [-0.2, 0) is 4.79 Å². The SMILES string of the molecule is CC1CN(C(=O)C2(F)CCNC2)c2ccccc21. The summed E-state index contributed by atoms with van der Waals surface area (Å²) in [5, 5.41) is 2.93. The number of carbonyl (C=O) groups excluding carboxylic acids is 1. The third kappa shape index (κ3) is 1.63. The van der Waals surface area contributed by atoms with Crippen LogP contribution in [0.25, 0.3) is 0 Å². The molecule has 0 spiro atoms. The van der Waals surface area contributed by atoms with Gasteiger partial charge in [-0.3, -0.25) is 4.79 Å². The highest BCUT2D eigenvalue weighted by Crippen LogP contribution is 2.38. The van der Waals surface area contributed by atoms with Crippen molar-refractivity contribution in [1.29, 1.82) is 0 Å². The molecular weight excluding hydrogens is 231 g/mol. The van der Waals surface area contributed by atoms with Crippen LogP contribution < -0.4 is 10.2 Å². The van der Waals surface area contributed by atoms with Gasteiger partial charge in [-0.1, -0.05) is 25.1 Å². The first-order valence-corrected chi connectivity index (χ1v) is 6.42. The summed E-state index contributed by atoms with van der Waals surface area (Å²) in [6.07, 6.45) is 0.277. The minimum atomic E-state index is -1.73. The monoisotopic (exact) mass is 248 g/mol. The van der Waals surface area contributed by atoms with E-state index in [9.17, 15) is 9.18 Å². The van der Waals surface area contributed by atoms with Gasteiger partial charge in [-0.05, 0) is 18.2 Å². The minimum absolute atomic E-state index is 0.138. The maximum atomic E-state index is 14.5. The zero-order valence-corrected chi connectivity index (χ0v) is 10.4. The van der Waals surface area contributed by atoms with E-state index in [2.05, 4.69) is 12.2 Å². The first kappa shape index (κ1) is 11.7. The summed E-state index contributed by atoms with van der Waals surface area (Å²) >= 11 is 0. The van der Waals surface area contributed by atoms with Gasteiger partial charge >= 0.3 is 0 Å². The van der Waals surface area contributed by atoms with Gasteiger partial charge in [0.25, 0.3) is 5.91 Å². The molecule has 1 aromatic carbocycles. The van der Waals surface area contributed by atoms with Crippen molar-refractivity contribution in [2.45, 2.75) is 24.9 Å². The van der Waals surface area contributed by atoms with E-state index in [1.54, 1.807) is 4.90 Å². The number of fused-ring (bicyclic) bond motifs is 1. The molecule has 1 N–H and O–H groups in total. The number of carbonyl (C=O) groups is 1. The molecule has 2 heterocycles. The molecule has 1 aromatic rings. The molecule has 1 saturated heterocycles. The molecular formula is C14H17FN2O. The quantitative estimate of drug-likeness (QED) is 0.822. The summed E-state index contributed by atoms with van der Waals surface area (Å²) in [6, 6.07) is 7.79. The minimum Gasteiger partial charge on any atom is -0.313 e. The lowest BCUT2D eigenvalue weighted by atomic mass is 10.0. The highest BCUT2D eigenvalue weighted by molar-refractivity contribution is 6.01. The Balaban J connectivity index is 1.93. The van der Waals surface area contributed by atoms with E-state index >= 15 is 0 Å². The second-order valence-corrected chi connectivity index (χ2v) is 5.27. The lowest BCUT2D eigenvalue weighted by Gasteiger charge is -2.25. The van der Waals surface area contributed by atoms with E-state index in [1.807, 2.05) is 24.3 Å². The number of anilines is 1. The first-order chi connectivity index (χ1) is 8.62. The third-order valence-electron chi connectivity index (χ3n) is 3.95. The van der Waals surface area contributed by atoms with Crippen LogP contribution >= 0.6 is 0 Å². The van der Waals surface area contributed by atoms with Crippen LogP contribution in [-0.4, -0.2) is 31.2 Å². The highest BCUT2D eigenvalue weighted by Gasteiger charge is 2.46. The van der Waals surface area contributed by atoms with Crippen LogP contribution in [0.2, 0.25) is 0 Å². The summed E-state index contributed by atoms with van der Waals surface area (Å²) in [7, 11) is 0. The number of rotatable bonds is 1. The highest BCUT2D eigenvalue weighted by atomic mass is 19.1. The standard InChI is InChI=1S/C14H17FN2O/c1-10-8-17(12-5-3-2-4-11(10)12)13(18)14(15)6-7-16-9-14/h2-5,10,16H,6-9H2,1H3. The van der Waals surface area contributed by atoms with Crippen molar-refractivity contribution in [1.82, 2.24) is 5.32 Å². The zero-order valence-electron chi connectivity index (χ0n) is 10.4. The molecule has 2 unspecified atom stereocenters. The molecule has 2 aliphatic rings. The van der Waals surface area contributed by atoms with Crippen molar-refractivity contribution in [2.75, 3.05) is 24.5 Å². The number of halogens is 1. The van der Waals surface area contributed by atoms with Gasteiger partial charge in [0.2, 0.25) is 5.67 Å². The smallest absolute Gasteiger partial charge is 0.266 e. The van der Waals surface area contributed by atoms with E-state index in [4.69, 9.17) is 0 Å². The predicted molar refractivity (Wildman–Crippen MR) is 68.5 cm³/mol. The molecule has 1 amide bonds. The molecule has 2 aliphatic heterocycles. The molecule has 0 radical (unpaired) electrons. The number of nitrogens with zero attached hydrogens (tertiary/aromatic N) is 1. The first-order valence-electron chi connectivity index (χ1n) is 6.42. The predicted octanol–water partition coefficient (Wildman–Crippen LogP) is 1.84. The van der Waals surface area contributed by atoms with Crippen molar-refractivity contribution in [3.8, 4) is 0 Å². The van der Waals surface area contributed by atoms with Gasteiger partial charge in [-0.15, -0.1) is 0 Å². The molecule has 0 saturated carbocycles. The molecule has 3 rings (SSSR count). The van der Waals surface area contributed by atoms with Crippen LogP contribution in [0.1, 0.15) is 24.8 Å². The summed E-state index contributed by atoms with van der Waals surface area (Å²) < 4.78 is 14.5. The van der Waals surface area contributed by atoms with E-state index < -0.39 is 5.67 Å². The van der Waals surface area contributed by atoms with Crippen molar-refractivity contribution >= 4 is 11.6 Å². The Bertz CT molecular complexity index is 482. The van der Waals surface area contributed by atoms with E-state index in [-0.39, 0.29) is 24.8 Å². The molecule has 0 aliphatic carbocycles. The van der Waals surface area contributed by atoms with Gasteiger partial charge in [0.15, 0.2) is 0 Å². The van der Waals surface area contributed by atoms with E-state index in [0.29, 0.717) is 13.1 Å². The van der Waals surface area contributed by atoms with Crippen LogP contribution in [0, 0.1) is 0 Å². The molecule has 4 heteroatoms. The van der Waals surface area contributed by atoms with Crippen molar-refractivity contribution in [2.24, 2.45) is 0 Å². The van der Waals surface area contributed by atoms with Crippen molar-refractivity contribution in [3.63, 3.8) is 0 Å². The number of benzene rings is 1. The van der Waals surface area contributed by atoms with Gasteiger partial charge < -0.3 is 10.2 Å². The number of amides is 1. The Morgan fingerprint density at radius 3 is 3.00 bits per heavy atom. The summed E-state index contributed by atoms with van der Waals surface area (Å²) in [5.74, 6) is -0.104. The average molecular weight is 248 g/mol. The van der Waals surface area contributed by atoms with Gasteiger partial charge in [0, 0.05) is 31.1 Å². The fraction of sp³-hybridized carbons (Fsp3) is 0.500. The van der Waals surface area contributed by atoms with Gasteiger partial charge in [0.1, 0.15) is 0 Å². The normalized spacial score (nSPS) is 30.6. The second-order valence-electron chi connectivity index (χ2n) is 5.27. The van der Waals surface area contributed by atoms with Crippen molar-refractivity contribution < 1.29 is 9.18 Å². The fourth-order valence-electron chi connectivity index (χ4n) is 2.90. The number of alkyl halides is 1. The second kappa shape index (κ2) is 4.05. The van der Waals surface area contributed by atoms with Gasteiger partial charge in [-0.2, -0.15) is 0 Å². The topological polar surface area (TPSA) is 32.3 Å². The van der Waals surface area contributed by atoms with Crippen LogP contribution in [0.15, 0.2) is 24.3 Å². The number of hydrogen-bond donors (Lipinski definition) is 1. The molecule has 0 bridgehead atoms. The van der Waals surface area contributed by atoms with E-state index in [0.717, 1.165) is 11.3 Å². The van der Waals surface area contributed by atoms with Crippen LogP contribution in [0.3, 0.4) is 0 Å². The third-order valence-corrected chi connectivity index (χ3v) is 3.95. The lowest BCUT2D eigenvalue weighted by Crippen LogP contribution is -2.47. The average Bonchev–Trinajstić information content (AvgIpc) is 2.95. The molecule has 1 fully saturated rings. The summed E-state index contributed by atoms with van der Waals surface area (Å²) in [4.78, 5) is 14.0. The molecule has 96 valence electrons. The molecule has 2 atom stereocenters. The fourth-order valence-corrected chi connectivity index (χ4v) is 2.90. The van der Waals surface area contributed by atoms with E-state index in [1.165, 1.54) is 0 Å². The maximum Gasteiger partial charge on any atom is 0.266 e. The number of hydrogen-bond acceptors (Lipinski definition) is 2. The molecule has 0 aromatic heterocycles. The van der Waals surface area contributed by atoms with Crippen LogP contribution in [0.4, 0.5) is 10.1 Å². The van der Waals surface area contributed by atoms with Crippen LogP contribution in [0.5, 0.6) is 0 Å². The Kier molecular flexibility index (Phi) is 2.63. The maximum absolute atomic E-state index is 14.5. The summed E-state index contributed by atoms with van der Waals surface area (Å²) in [6.45, 7) is 3.37. The largest absolute Gasteiger partial charge is 0.313 e. The van der Waals surface area contributed by atoms with Crippen molar-refractivity contribution in [3.05, 3.63) is 29.8 Å². The summed E-state index contributed by atoms with van der Waals surface area (Å²) in [5.41, 5.74) is 0.288. The van der Waals surface area contributed by atoms with Gasteiger partial charge in [-0.25, -0.2) is 4.39 Å². The number of nitrogens with one attached hydrogen (secondary N) is 1. The zero-order chi connectivity index (χ0) is 12.8. The Labute approximate surface area is 106 Å². The molecule has 3 nitrogen and oxygen atoms in total. The number of para-hydroxylation sites is 1. The molecule has 18 heavy (non-hydrogen) atoms. The Morgan fingerprint density at radius 2 is 2.28 bits per heavy atom. The Morgan fingerprint density at radius 1 is 1.50 bits per heavy atom.